The fourth-order valence-electron chi connectivity index (χ4n) is 3.17. The second-order valence-corrected chi connectivity index (χ2v) is 10.1. The number of aryl methyl sites for hydroxylation is 1. The smallest absolute Gasteiger partial charge is 0.335 e. The molecule has 36 heavy (non-hydrogen) atoms. The van der Waals surface area contributed by atoms with Crippen LogP contribution in [0.2, 0.25) is 0 Å². The fourth-order valence-corrected chi connectivity index (χ4v) is 3.84. The minimum atomic E-state index is -10.1. The Morgan fingerprint density at radius 2 is 1.67 bits per heavy atom. The fraction of sp³-hybridized carbons (Fsp3) is 0.190. The molecule has 2 aromatic carbocycles. The predicted molar refractivity (Wildman–Crippen MR) is 115 cm³/mol. The number of nitrogens with one attached hydrogen (secondary N) is 1. The van der Waals surface area contributed by atoms with Crippen LogP contribution in [0, 0.1) is 0 Å². The quantitative estimate of drug-likeness (QED) is 0.300. The van der Waals surface area contributed by atoms with Gasteiger partial charge < -0.3 is 15.2 Å². The highest BCUT2D eigenvalue weighted by molar-refractivity contribution is 8.45. The lowest BCUT2D eigenvalue weighted by atomic mass is 10.1. The number of benzene rings is 2. The van der Waals surface area contributed by atoms with E-state index in [1.54, 1.807) is 0 Å². The summed E-state index contributed by atoms with van der Waals surface area (Å²) in [6.07, 6.45) is -3.30. The van der Waals surface area contributed by atoms with Crippen LogP contribution in [0.25, 0.3) is 0 Å². The Kier molecular flexibility index (Phi) is 6.29. The van der Waals surface area contributed by atoms with Crippen LogP contribution in [0.4, 0.5) is 28.2 Å². The molecule has 0 radical (unpaired) electrons. The third-order valence-corrected chi connectivity index (χ3v) is 6.07. The van der Waals surface area contributed by atoms with Crippen molar-refractivity contribution in [3.63, 3.8) is 0 Å². The summed E-state index contributed by atoms with van der Waals surface area (Å²) >= 11 is 0. The van der Waals surface area contributed by atoms with Gasteiger partial charge in [0.1, 0.15) is 21.9 Å². The molecule has 1 amide bonds. The van der Waals surface area contributed by atoms with E-state index in [9.17, 15) is 37.8 Å². The van der Waals surface area contributed by atoms with Crippen LogP contribution in [0.1, 0.15) is 51.4 Å². The van der Waals surface area contributed by atoms with Gasteiger partial charge >= 0.3 is 16.2 Å². The molecular formula is C21H18F7N3O4S. The van der Waals surface area contributed by atoms with Crippen LogP contribution in [-0.4, -0.2) is 26.8 Å². The first-order valence-electron chi connectivity index (χ1n) is 9.88. The van der Waals surface area contributed by atoms with Crippen molar-refractivity contribution in [1.82, 2.24) is 15.1 Å². The molecule has 0 saturated heterocycles. The number of ether oxygens (including phenoxy) is 1. The van der Waals surface area contributed by atoms with Gasteiger partial charge in [-0.25, -0.2) is 18.3 Å². The number of aromatic carboxylic acids is 1. The summed E-state index contributed by atoms with van der Waals surface area (Å²) in [6.45, 7) is 1.46. The number of carbonyl (C=O) groups excluding carboxylic acids is 1. The number of aromatic nitrogens is 2. The Morgan fingerprint density at radius 3 is 2.19 bits per heavy atom. The topological polar surface area (TPSA) is 93.5 Å². The first kappa shape index (κ1) is 26.8. The summed E-state index contributed by atoms with van der Waals surface area (Å²) in [5.41, 5.74) is -1.50. The van der Waals surface area contributed by atoms with Crippen molar-refractivity contribution in [2.24, 2.45) is 7.05 Å². The minimum Gasteiger partial charge on any atom is -0.478 e. The maximum absolute atomic E-state index is 13.6. The molecule has 2 N–H and O–H groups in total. The van der Waals surface area contributed by atoms with E-state index in [1.807, 2.05) is 0 Å². The van der Waals surface area contributed by atoms with E-state index >= 15 is 0 Å². The summed E-state index contributed by atoms with van der Waals surface area (Å²) in [7, 11) is -9.00. The van der Waals surface area contributed by atoms with Gasteiger partial charge in [-0.1, -0.05) is 37.6 Å². The van der Waals surface area contributed by atoms with Gasteiger partial charge in [0.05, 0.1) is 11.6 Å². The van der Waals surface area contributed by atoms with Crippen molar-refractivity contribution in [2.75, 3.05) is 0 Å². The summed E-state index contributed by atoms with van der Waals surface area (Å²) in [5.74, 6) is -3.84. The van der Waals surface area contributed by atoms with Gasteiger partial charge in [0, 0.05) is 13.1 Å². The molecule has 15 heteroatoms. The highest BCUT2D eigenvalue weighted by Crippen LogP contribution is 3.02. The Bertz CT molecular complexity index is 1330. The van der Waals surface area contributed by atoms with Crippen molar-refractivity contribution in [2.45, 2.75) is 24.3 Å². The summed E-state index contributed by atoms with van der Waals surface area (Å²) < 4.78 is 98.9. The lowest BCUT2D eigenvalue weighted by Gasteiger charge is -2.40. The monoisotopic (exact) mass is 541 g/mol. The molecule has 3 rings (SSSR count). The zero-order chi connectivity index (χ0) is 27.1. The Hall–Kier alpha value is -3.75. The van der Waals surface area contributed by atoms with E-state index in [4.69, 9.17) is 9.84 Å². The average Bonchev–Trinajstić information content (AvgIpc) is 3.09. The first-order valence-corrected chi connectivity index (χ1v) is 11.8. The number of amides is 1. The number of carboxylic acid groups (broad SMARTS) is 1. The lowest BCUT2D eigenvalue weighted by molar-refractivity contribution is 0.0696. The van der Waals surface area contributed by atoms with Crippen molar-refractivity contribution in [1.29, 1.82) is 0 Å². The van der Waals surface area contributed by atoms with Gasteiger partial charge in [-0.2, -0.15) is 5.10 Å². The van der Waals surface area contributed by atoms with Crippen molar-refractivity contribution < 1.29 is 47.6 Å². The highest BCUT2D eigenvalue weighted by atomic mass is 32.5. The van der Waals surface area contributed by atoms with Gasteiger partial charge in [0.25, 0.3) is 12.3 Å². The molecule has 0 saturated carbocycles. The van der Waals surface area contributed by atoms with Gasteiger partial charge in [0.15, 0.2) is 0 Å². The maximum Gasteiger partial charge on any atom is 0.335 e. The summed E-state index contributed by atoms with van der Waals surface area (Å²) in [6, 6.07) is 6.08. The van der Waals surface area contributed by atoms with E-state index in [-0.39, 0.29) is 17.7 Å². The Labute approximate surface area is 199 Å². The maximum atomic E-state index is 13.6. The first-order chi connectivity index (χ1) is 16.4. The predicted octanol–water partition coefficient (Wildman–Crippen LogP) is 7.00. The van der Waals surface area contributed by atoms with E-state index in [0.717, 1.165) is 13.1 Å². The molecule has 1 aromatic heterocycles. The zero-order valence-corrected chi connectivity index (χ0v) is 19.2. The molecule has 0 aliphatic rings. The van der Waals surface area contributed by atoms with Crippen molar-refractivity contribution >= 4 is 22.1 Å². The van der Waals surface area contributed by atoms with Gasteiger partial charge in [-0.05, 0) is 36.8 Å². The number of rotatable bonds is 8. The van der Waals surface area contributed by atoms with E-state index in [0.29, 0.717) is 16.3 Å². The molecule has 0 bridgehead atoms. The molecule has 0 unspecified atom stereocenters. The van der Waals surface area contributed by atoms with Crippen molar-refractivity contribution in [3.05, 3.63) is 70.9 Å². The normalized spacial score (nSPS) is 14.6. The Morgan fingerprint density at radius 1 is 1.06 bits per heavy atom. The molecular weight excluding hydrogens is 523 g/mol. The molecule has 0 aliphatic heterocycles. The van der Waals surface area contributed by atoms with Crippen LogP contribution in [0.15, 0.2) is 53.4 Å². The van der Waals surface area contributed by atoms with Crippen LogP contribution < -0.4 is 10.1 Å². The molecule has 0 spiro atoms. The molecule has 7 nitrogen and oxygen atoms in total. The number of carbonyl (C=O) groups is 2. The van der Waals surface area contributed by atoms with Gasteiger partial charge in [-0.15, -0.1) is 0 Å². The van der Waals surface area contributed by atoms with Crippen molar-refractivity contribution in [3.8, 4) is 11.6 Å². The van der Waals surface area contributed by atoms with E-state index in [1.165, 1.54) is 31.2 Å². The number of nitrogens with zero attached hydrogens (tertiary/aromatic N) is 2. The SMILES string of the molecule is C[C@H](NC(=O)c1c(C(F)F)nn(C)c1Oc1cccc(S(F)(F)(F)(F)F)c1)c1ccc(C(=O)O)cc1. The number of halogens is 7. The second-order valence-electron chi connectivity index (χ2n) is 7.66. The summed E-state index contributed by atoms with van der Waals surface area (Å²) in [4.78, 5) is 21.6. The molecule has 0 fully saturated rings. The number of hydrogen-bond donors (Lipinski definition) is 2. The third kappa shape index (κ3) is 5.90. The van der Waals surface area contributed by atoms with Gasteiger partial charge in [-0.3, -0.25) is 4.79 Å². The van der Waals surface area contributed by atoms with Crippen LogP contribution in [0.3, 0.4) is 0 Å². The Balaban J connectivity index is 1.96. The average molecular weight is 541 g/mol. The summed E-state index contributed by atoms with van der Waals surface area (Å²) in [5, 5.41) is 14.9. The van der Waals surface area contributed by atoms with Crippen LogP contribution in [0.5, 0.6) is 11.6 Å². The third-order valence-electron chi connectivity index (χ3n) is 4.93. The lowest BCUT2D eigenvalue weighted by Crippen LogP contribution is -2.27. The number of hydrogen-bond acceptors (Lipinski definition) is 4. The van der Waals surface area contributed by atoms with Crippen LogP contribution in [-0.2, 0) is 7.05 Å². The standard InChI is InChI=1S/C21H18F7N3O4S/c1-11(12-6-8-13(9-7-12)21(33)34)29-19(32)16-17(18(22)23)30-31(2)20(16)35-14-4-3-5-15(10-14)36(24,25,26,27)28/h3-11,18H,1-2H3,(H,29,32)(H,33,34)/t11-/m0/s1. The number of carboxylic acids is 1. The molecule has 1 heterocycles. The highest BCUT2D eigenvalue weighted by Gasteiger charge is 2.65. The van der Waals surface area contributed by atoms with Crippen LogP contribution >= 0.6 is 10.2 Å². The minimum absolute atomic E-state index is 0.00901. The molecule has 3 aromatic rings. The zero-order valence-electron chi connectivity index (χ0n) is 18.4. The molecule has 196 valence electrons. The molecule has 0 aliphatic carbocycles. The molecule has 1 atom stereocenters. The van der Waals surface area contributed by atoms with E-state index < -0.39 is 62.4 Å². The van der Waals surface area contributed by atoms with E-state index in [2.05, 4.69) is 10.4 Å². The second kappa shape index (κ2) is 8.43. The van der Waals surface area contributed by atoms with Gasteiger partial charge in [0.2, 0.25) is 5.88 Å². The largest absolute Gasteiger partial charge is 0.478 e. The number of alkyl halides is 2.